The molecule has 8 nitrogen and oxygen atoms in total. The molecule has 3 aromatic rings. The molecule has 36 heavy (non-hydrogen) atoms. The lowest BCUT2D eigenvalue weighted by Gasteiger charge is -2.31. The number of pyridine rings is 1. The lowest BCUT2D eigenvalue weighted by atomic mass is 9.98. The molecular weight excluding hydrogens is 521 g/mol. The van der Waals surface area contributed by atoms with Crippen LogP contribution in [0.15, 0.2) is 64.0 Å². The monoisotopic (exact) mass is 545 g/mol. The number of benzene rings is 2. The van der Waals surface area contributed by atoms with Crippen LogP contribution in [-0.4, -0.2) is 51.2 Å². The number of rotatable bonds is 7. The summed E-state index contributed by atoms with van der Waals surface area (Å²) in [7, 11) is -0.622. The minimum atomic E-state index is -4.00. The van der Waals surface area contributed by atoms with E-state index in [1.807, 2.05) is 11.0 Å². The zero-order valence-electron chi connectivity index (χ0n) is 19.8. The van der Waals surface area contributed by atoms with Crippen molar-refractivity contribution in [1.82, 2.24) is 9.88 Å². The van der Waals surface area contributed by atoms with Gasteiger partial charge in [0.15, 0.2) is 0 Å². The van der Waals surface area contributed by atoms with Crippen molar-refractivity contribution in [2.75, 3.05) is 30.9 Å². The number of aromatic nitrogens is 1. The number of sulfonamides is 1. The molecule has 0 atom stereocenters. The average molecular weight is 546 g/mol. The van der Waals surface area contributed by atoms with E-state index in [1.54, 1.807) is 61.6 Å². The van der Waals surface area contributed by atoms with Crippen LogP contribution >= 0.6 is 23.2 Å². The van der Waals surface area contributed by atoms with E-state index in [9.17, 15) is 13.2 Å². The summed E-state index contributed by atoms with van der Waals surface area (Å²) in [6, 6.07) is 13.9. The van der Waals surface area contributed by atoms with Gasteiger partial charge in [-0.05, 0) is 53.4 Å². The number of carbonyl (C=O) groups is 1. The molecule has 4 rings (SSSR count). The maximum Gasteiger partial charge on any atom is 0.284 e. The molecule has 11 heteroatoms. The molecule has 1 aromatic heterocycles. The second-order valence-corrected chi connectivity index (χ2v) is 11.0. The maximum absolute atomic E-state index is 13.2. The fourth-order valence-electron chi connectivity index (χ4n) is 3.95. The molecule has 0 saturated heterocycles. The quantitative estimate of drug-likeness (QED) is 0.349. The molecule has 2 heterocycles. The first-order valence-electron chi connectivity index (χ1n) is 11.1. The first-order valence-corrected chi connectivity index (χ1v) is 13.3. The molecule has 0 unspecified atom stereocenters. The SMILES string of the molecule is CN(C)/C=N/S(=O)(=O)c1cc(NC(=O)Cc2ccccc2Cl)cc2c1CCN(c1ccc(Cl)cn1)C2. The van der Waals surface area contributed by atoms with E-state index in [0.717, 1.165) is 11.4 Å². The Morgan fingerprint density at radius 3 is 2.67 bits per heavy atom. The van der Waals surface area contributed by atoms with Crippen molar-refractivity contribution in [3.05, 3.63) is 81.5 Å². The minimum Gasteiger partial charge on any atom is -0.368 e. The summed E-state index contributed by atoms with van der Waals surface area (Å²) in [5.74, 6) is 0.420. The van der Waals surface area contributed by atoms with E-state index in [2.05, 4.69) is 14.7 Å². The van der Waals surface area contributed by atoms with Gasteiger partial charge in [-0.3, -0.25) is 4.79 Å². The molecule has 2 aromatic carbocycles. The zero-order valence-corrected chi connectivity index (χ0v) is 22.1. The van der Waals surface area contributed by atoms with Gasteiger partial charge in [-0.15, -0.1) is 4.40 Å². The summed E-state index contributed by atoms with van der Waals surface area (Å²) in [5, 5.41) is 3.86. The molecule has 0 aliphatic carbocycles. The summed E-state index contributed by atoms with van der Waals surface area (Å²) in [6.45, 7) is 0.984. The zero-order chi connectivity index (χ0) is 25.9. The van der Waals surface area contributed by atoms with Crippen molar-refractivity contribution in [1.29, 1.82) is 0 Å². The molecule has 0 spiro atoms. The molecule has 0 fully saturated rings. The van der Waals surface area contributed by atoms with E-state index in [0.29, 0.717) is 46.4 Å². The predicted molar refractivity (Wildman–Crippen MR) is 144 cm³/mol. The van der Waals surface area contributed by atoms with Crippen LogP contribution in [0.1, 0.15) is 16.7 Å². The Labute approximate surface area is 220 Å². The van der Waals surface area contributed by atoms with Crippen LogP contribution in [0.4, 0.5) is 11.5 Å². The van der Waals surface area contributed by atoms with Gasteiger partial charge in [0, 0.05) is 44.1 Å². The van der Waals surface area contributed by atoms with Gasteiger partial charge in [0.05, 0.1) is 16.3 Å². The normalized spacial score (nSPS) is 13.5. The van der Waals surface area contributed by atoms with Crippen molar-refractivity contribution in [2.45, 2.75) is 24.3 Å². The summed E-state index contributed by atoms with van der Waals surface area (Å²) >= 11 is 12.2. The third-order valence-corrected chi connectivity index (χ3v) is 7.50. The van der Waals surface area contributed by atoms with Crippen LogP contribution in [0.3, 0.4) is 0 Å². The Kier molecular flexibility index (Phi) is 7.82. The Balaban J connectivity index is 1.69. The van der Waals surface area contributed by atoms with E-state index in [-0.39, 0.29) is 17.2 Å². The summed E-state index contributed by atoms with van der Waals surface area (Å²) in [5.41, 5.74) is 2.50. The van der Waals surface area contributed by atoms with Crippen LogP contribution < -0.4 is 10.2 Å². The third-order valence-electron chi connectivity index (χ3n) is 5.62. The smallest absolute Gasteiger partial charge is 0.284 e. The standard InChI is InChI=1S/C25H25Cl2N5O3S/c1-31(2)16-29-36(34,35)23-13-20(30-25(33)12-17-5-3-4-6-22(17)27)11-18-15-32(10-9-21(18)23)24-8-7-19(26)14-28-24/h3-8,11,13-14,16H,9-10,12,15H2,1-2H3,(H,30,33)/b29-16+. The Morgan fingerprint density at radius 1 is 1.19 bits per heavy atom. The maximum atomic E-state index is 13.2. The van der Waals surface area contributed by atoms with Gasteiger partial charge < -0.3 is 15.1 Å². The molecular formula is C25H25Cl2N5O3S. The van der Waals surface area contributed by atoms with Gasteiger partial charge in [0.2, 0.25) is 5.91 Å². The number of hydrogen-bond acceptors (Lipinski definition) is 5. The highest BCUT2D eigenvalue weighted by atomic mass is 35.5. The third kappa shape index (κ3) is 6.16. The second-order valence-electron chi connectivity index (χ2n) is 8.59. The van der Waals surface area contributed by atoms with Gasteiger partial charge in [0.25, 0.3) is 10.0 Å². The molecule has 1 aliphatic heterocycles. The molecule has 1 amide bonds. The molecule has 1 N–H and O–H groups in total. The van der Waals surface area contributed by atoms with E-state index >= 15 is 0 Å². The highest BCUT2D eigenvalue weighted by molar-refractivity contribution is 7.90. The van der Waals surface area contributed by atoms with Crippen LogP contribution in [0, 0.1) is 0 Å². The van der Waals surface area contributed by atoms with E-state index in [1.165, 1.54) is 12.4 Å². The summed E-state index contributed by atoms with van der Waals surface area (Å²) < 4.78 is 30.2. The topological polar surface area (TPSA) is 95.0 Å². The molecule has 0 saturated carbocycles. The van der Waals surface area contributed by atoms with Gasteiger partial charge in [-0.2, -0.15) is 8.42 Å². The summed E-state index contributed by atoms with van der Waals surface area (Å²) in [4.78, 5) is 20.9. The van der Waals surface area contributed by atoms with Crippen molar-refractivity contribution in [2.24, 2.45) is 4.40 Å². The largest absolute Gasteiger partial charge is 0.368 e. The number of nitrogens with one attached hydrogen (secondary N) is 1. The number of carbonyl (C=O) groups excluding carboxylic acids is 1. The van der Waals surface area contributed by atoms with Crippen molar-refractivity contribution >= 4 is 57.0 Å². The lowest BCUT2D eigenvalue weighted by Crippen LogP contribution is -2.32. The Bertz CT molecular complexity index is 1410. The number of nitrogens with zero attached hydrogens (tertiary/aromatic N) is 4. The lowest BCUT2D eigenvalue weighted by molar-refractivity contribution is -0.115. The fourth-order valence-corrected chi connectivity index (χ4v) is 5.51. The predicted octanol–water partition coefficient (Wildman–Crippen LogP) is 4.41. The van der Waals surface area contributed by atoms with Gasteiger partial charge >= 0.3 is 0 Å². The number of anilines is 2. The van der Waals surface area contributed by atoms with Crippen molar-refractivity contribution in [3.8, 4) is 0 Å². The van der Waals surface area contributed by atoms with Crippen molar-refractivity contribution < 1.29 is 13.2 Å². The van der Waals surface area contributed by atoms with Crippen LogP contribution in [-0.2, 0) is 34.2 Å². The van der Waals surface area contributed by atoms with Crippen LogP contribution in [0.25, 0.3) is 0 Å². The van der Waals surface area contributed by atoms with Crippen molar-refractivity contribution in [3.63, 3.8) is 0 Å². The number of fused-ring (bicyclic) bond motifs is 1. The van der Waals surface area contributed by atoms with Gasteiger partial charge in [0.1, 0.15) is 12.2 Å². The minimum absolute atomic E-state index is 0.0540. The fraction of sp³-hybridized carbons (Fsp3) is 0.240. The summed E-state index contributed by atoms with van der Waals surface area (Å²) in [6.07, 6.45) is 3.35. The highest BCUT2D eigenvalue weighted by Gasteiger charge is 2.27. The van der Waals surface area contributed by atoms with Gasteiger partial charge in [-0.25, -0.2) is 4.98 Å². The van der Waals surface area contributed by atoms with E-state index in [4.69, 9.17) is 23.2 Å². The van der Waals surface area contributed by atoms with Crippen LogP contribution in [0.2, 0.25) is 10.0 Å². The Hall–Kier alpha value is -3.14. The molecule has 0 bridgehead atoms. The average Bonchev–Trinajstić information content (AvgIpc) is 2.84. The molecule has 1 aliphatic rings. The molecule has 0 radical (unpaired) electrons. The molecule has 188 valence electrons. The van der Waals surface area contributed by atoms with Gasteiger partial charge in [-0.1, -0.05) is 41.4 Å². The number of amides is 1. The first kappa shape index (κ1) is 25.9. The second kappa shape index (κ2) is 10.9. The highest BCUT2D eigenvalue weighted by Crippen LogP contribution is 2.32. The number of hydrogen-bond donors (Lipinski definition) is 1. The van der Waals surface area contributed by atoms with Crippen LogP contribution in [0.5, 0.6) is 0 Å². The Morgan fingerprint density at radius 2 is 1.97 bits per heavy atom. The van der Waals surface area contributed by atoms with E-state index < -0.39 is 10.0 Å². The number of halogens is 2. The first-order chi connectivity index (χ1) is 17.1.